The van der Waals surface area contributed by atoms with Gasteiger partial charge in [-0.25, -0.2) is 4.79 Å². The molecule has 0 radical (unpaired) electrons. The Hall–Kier alpha value is -2.18. The highest BCUT2D eigenvalue weighted by Crippen LogP contribution is 2.24. The Balaban J connectivity index is 1.69. The molecule has 0 aliphatic rings. The quantitative estimate of drug-likeness (QED) is 0.684. The zero-order valence-corrected chi connectivity index (χ0v) is 12.2. The molecule has 3 rings (SSSR count). The summed E-state index contributed by atoms with van der Waals surface area (Å²) >= 11 is 7.48. The van der Waals surface area contributed by atoms with Crippen LogP contribution in [0.1, 0.15) is 16.2 Å². The minimum absolute atomic E-state index is 0.0772. The van der Waals surface area contributed by atoms with Crippen LogP contribution in [0.5, 0.6) is 0 Å². The zero-order chi connectivity index (χ0) is 14.7. The summed E-state index contributed by atoms with van der Waals surface area (Å²) in [7, 11) is 0. The van der Waals surface area contributed by atoms with Gasteiger partial charge >= 0.3 is 5.97 Å². The minimum atomic E-state index is -0.422. The van der Waals surface area contributed by atoms with Gasteiger partial charge in [-0.3, -0.25) is 0 Å². The smallest absolute Gasteiger partial charge is 0.339 e. The molecule has 2 heterocycles. The molecule has 7 heteroatoms. The van der Waals surface area contributed by atoms with Crippen molar-refractivity contribution < 1.29 is 14.1 Å². The fourth-order valence-electron chi connectivity index (χ4n) is 1.66. The SMILES string of the molecule is O=C(OCc1nc(-c2ccccc2Cl)no1)c1ccsc1. The van der Waals surface area contributed by atoms with Gasteiger partial charge in [-0.15, -0.1) is 0 Å². The van der Waals surface area contributed by atoms with Gasteiger partial charge in [0, 0.05) is 10.9 Å². The van der Waals surface area contributed by atoms with E-state index in [1.807, 2.05) is 12.1 Å². The Bertz CT molecular complexity index is 755. The molecule has 0 aliphatic heterocycles. The summed E-state index contributed by atoms with van der Waals surface area (Å²) in [6.45, 7) is -0.0772. The third-order valence-corrected chi connectivity index (χ3v) is 3.68. The van der Waals surface area contributed by atoms with Gasteiger partial charge in [0.2, 0.25) is 5.82 Å². The van der Waals surface area contributed by atoms with Gasteiger partial charge in [-0.05, 0) is 23.6 Å². The largest absolute Gasteiger partial charge is 0.452 e. The normalized spacial score (nSPS) is 10.5. The maximum Gasteiger partial charge on any atom is 0.339 e. The molecule has 0 amide bonds. The summed E-state index contributed by atoms with van der Waals surface area (Å²) in [5.41, 5.74) is 1.17. The highest BCUT2D eigenvalue weighted by atomic mass is 35.5. The summed E-state index contributed by atoms with van der Waals surface area (Å²) in [6.07, 6.45) is 0. The van der Waals surface area contributed by atoms with Gasteiger partial charge in [0.25, 0.3) is 5.89 Å². The fourth-order valence-corrected chi connectivity index (χ4v) is 2.50. The Morgan fingerprint density at radius 2 is 2.19 bits per heavy atom. The van der Waals surface area contributed by atoms with E-state index >= 15 is 0 Å². The maximum absolute atomic E-state index is 11.7. The van der Waals surface area contributed by atoms with E-state index in [4.69, 9.17) is 20.9 Å². The molecule has 0 N–H and O–H groups in total. The third kappa shape index (κ3) is 3.12. The minimum Gasteiger partial charge on any atom is -0.452 e. The lowest BCUT2D eigenvalue weighted by molar-refractivity contribution is 0.0430. The Morgan fingerprint density at radius 1 is 1.33 bits per heavy atom. The van der Waals surface area contributed by atoms with Gasteiger partial charge in [-0.2, -0.15) is 16.3 Å². The van der Waals surface area contributed by atoms with Crippen molar-refractivity contribution in [3.63, 3.8) is 0 Å². The van der Waals surface area contributed by atoms with Crippen LogP contribution in [-0.4, -0.2) is 16.1 Å². The maximum atomic E-state index is 11.7. The topological polar surface area (TPSA) is 65.2 Å². The molecule has 0 saturated heterocycles. The first-order chi connectivity index (χ1) is 10.2. The average Bonchev–Trinajstić information content (AvgIpc) is 3.17. The van der Waals surface area contributed by atoms with Crippen molar-refractivity contribution in [2.75, 3.05) is 0 Å². The second-order valence-electron chi connectivity index (χ2n) is 4.08. The van der Waals surface area contributed by atoms with Crippen LogP contribution >= 0.6 is 22.9 Å². The predicted molar refractivity (Wildman–Crippen MR) is 78.2 cm³/mol. The van der Waals surface area contributed by atoms with Crippen molar-refractivity contribution >= 4 is 28.9 Å². The molecule has 0 atom stereocenters. The second-order valence-corrected chi connectivity index (χ2v) is 5.27. The molecule has 0 unspecified atom stereocenters. The lowest BCUT2D eigenvalue weighted by Gasteiger charge is -1.98. The fraction of sp³-hybridized carbons (Fsp3) is 0.0714. The van der Waals surface area contributed by atoms with E-state index in [0.29, 0.717) is 22.0 Å². The number of carbonyl (C=O) groups excluding carboxylic acids is 1. The molecule has 0 fully saturated rings. The van der Waals surface area contributed by atoms with E-state index in [0.717, 1.165) is 0 Å². The van der Waals surface area contributed by atoms with Crippen LogP contribution in [-0.2, 0) is 11.3 Å². The highest BCUT2D eigenvalue weighted by Gasteiger charge is 2.14. The van der Waals surface area contributed by atoms with Gasteiger partial charge in [0.15, 0.2) is 6.61 Å². The van der Waals surface area contributed by atoms with Gasteiger partial charge in [0.1, 0.15) is 0 Å². The molecule has 1 aromatic carbocycles. The molecule has 5 nitrogen and oxygen atoms in total. The molecular weight excluding hydrogens is 312 g/mol. The Labute approximate surface area is 129 Å². The number of nitrogens with zero attached hydrogens (tertiary/aromatic N) is 2. The number of benzene rings is 1. The standard InChI is InChI=1S/C14H9ClN2O3S/c15-11-4-2-1-3-10(11)13-16-12(20-17-13)7-19-14(18)9-5-6-21-8-9/h1-6,8H,7H2. The van der Waals surface area contributed by atoms with Crippen molar-refractivity contribution in [3.05, 3.63) is 57.6 Å². The summed E-state index contributed by atoms with van der Waals surface area (Å²) in [6, 6.07) is 8.86. The average molecular weight is 321 g/mol. The van der Waals surface area contributed by atoms with Crippen molar-refractivity contribution in [2.45, 2.75) is 6.61 Å². The first-order valence-electron chi connectivity index (χ1n) is 6.01. The van der Waals surface area contributed by atoms with Crippen molar-refractivity contribution in [2.24, 2.45) is 0 Å². The number of aromatic nitrogens is 2. The Morgan fingerprint density at radius 3 is 2.95 bits per heavy atom. The highest BCUT2D eigenvalue weighted by molar-refractivity contribution is 7.08. The number of esters is 1. The number of thiophene rings is 1. The van der Waals surface area contributed by atoms with E-state index in [-0.39, 0.29) is 12.5 Å². The summed E-state index contributed by atoms with van der Waals surface area (Å²) in [5.74, 6) is 0.157. The molecule has 0 saturated carbocycles. The second kappa shape index (κ2) is 6.07. The van der Waals surface area contributed by atoms with E-state index in [1.54, 1.807) is 29.0 Å². The van der Waals surface area contributed by atoms with Crippen LogP contribution < -0.4 is 0 Å². The van der Waals surface area contributed by atoms with Gasteiger partial charge in [-0.1, -0.05) is 28.9 Å². The van der Waals surface area contributed by atoms with Crippen LogP contribution in [0.25, 0.3) is 11.4 Å². The monoisotopic (exact) mass is 320 g/mol. The van der Waals surface area contributed by atoms with E-state index in [1.165, 1.54) is 11.3 Å². The summed E-state index contributed by atoms with van der Waals surface area (Å²) in [5, 5.41) is 7.87. The molecule has 0 spiro atoms. The van der Waals surface area contributed by atoms with Crippen molar-refractivity contribution in [1.82, 2.24) is 10.1 Å². The first kappa shape index (κ1) is 13.8. The lowest BCUT2D eigenvalue weighted by Crippen LogP contribution is -2.03. The van der Waals surface area contributed by atoms with Crippen LogP contribution in [0.3, 0.4) is 0 Å². The molecule has 21 heavy (non-hydrogen) atoms. The molecule has 3 aromatic rings. The Kier molecular flexibility index (Phi) is 3.98. The van der Waals surface area contributed by atoms with Crippen LogP contribution in [0.2, 0.25) is 5.02 Å². The molecule has 0 aliphatic carbocycles. The number of rotatable bonds is 4. The van der Waals surface area contributed by atoms with E-state index in [9.17, 15) is 4.79 Å². The number of ether oxygens (including phenoxy) is 1. The number of hydrogen-bond donors (Lipinski definition) is 0. The third-order valence-electron chi connectivity index (χ3n) is 2.67. The van der Waals surface area contributed by atoms with Crippen molar-refractivity contribution in [1.29, 1.82) is 0 Å². The van der Waals surface area contributed by atoms with Gasteiger partial charge in [0.05, 0.1) is 10.6 Å². The molecule has 0 bridgehead atoms. The molecule has 2 aromatic heterocycles. The number of hydrogen-bond acceptors (Lipinski definition) is 6. The summed E-state index contributed by atoms with van der Waals surface area (Å²) in [4.78, 5) is 15.8. The van der Waals surface area contributed by atoms with Crippen molar-refractivity contribution in [3.8, 4) is 11.4 Å². The van der Waals surface area contributed by atoms with Gasteiger partial charge < -0.3 is 9.26 Å². The van der Waals surface area contributed by atoms with E-state index < -0.39 is 5.97 Å². The number of halogens is 1. The van der Waals surface area contributed by atoms with Crippen LogP contribution in [0, 0.1) is 0 Å². The van der Waals surface area contributed by atoms with Crippen LogP contribution in [0.4, 0.5) is 0 Å². The summed E-state index contributed by atoms with van der Waals surface area (Å²) < 4.78 is 10.1. The van der Waals surface area contributed by atoms with E-state index in [2.05, 4.69) is 10.1 Å². The lowest BCUT2D eigenvalue weighted by atomic mass is 10.2. The molecular formula is C14H9ClN2O3S. The zero-order valence-electron chi connectivity index (χ0n) is 10.7. The first-order valence-corrected chi connectivity index (χ1v) is 7.33. The predicted octanol–water partition coefficient (Wildman–Crippen LogP) is 3.81. The molecule has 106 valence electrons. The van der Waals surface area contributed by atoms with Crippen LogP contribution in [0.15, 0.2) is 45.6 Å². The number of carbonyl (C=O) groups is 1.